The molecule has 4 heteroatoms. The molecule has 0 radical (unpaired) electrons. The predicted octanol–water partition coefficient (Wildman–Crippen LogP) is 3.05. The van der Waals surface area contributed by atoms with E-state index in [1.54, 1.807) is 12.1 Å². The van der Waals surface area contributed by atoms with E-state index >= 15 is 0 Å². The van der Waals surface area contributed by atoms with E-state index < -0.39 is 5.95 Å². The van der Waals surface area contributed by atoms with Crippen LogP contribution in [0, 0.1) is 11.8 Å². The van der Waals surface area contributed by atoms with Crippen LogP contribution in [-0.2, 0) is 6.42 Å². The Morgan fingerprint density at radius 2 is 2.00 bits per heavy atom. The van der Waals surface area contributed by atoms with Gasteiger partial charge in [-0.25, -0.2) is 9.37 Å². The van der Waals surface area contributed by atoms with E-state index in [0.717, 1.165) is 24.2 Å². The summed E-state index contributed by atoms with van der Waals surface area (Å²) in [5, 5.41) is 0. The van der Waals surface area contributed by atoms with Crippen molar-refractivity contribution in [2.24, 2.45) is 0 Å². The second-order valence-electron chi connectivity index (χ2n) is 4.01. The minimum absolute atomic E-state index is 0.273. The van der Waals surface area contributed by atoms with Crippen LogP contribution in [0.2, 0.25) is 0 Å². The number of anilines is 2. The Hall–Kier alpha value is -1.97. The fourth-order valence-corrected chi connectivity index (χ4v) is 2.18. The number of rotatable bonds is 1. The summed E-state index contributed by atoms with van der Waals surface area (Å²) in [7, 11) is 0. The first kappa shape index (κ1) is 10.2. The monoisotopic (exact) mass is 232 g/mol. The Bertz CT molecular complexity index is 569. The molecule has 0 unspecified atom stereocenters. The Morgan fingerprint density at radius 1 is 1.12 bits per heavy atom. The third kappa shape index (κ3) is 1.75. The summed E-state index contributed by atoms with van der Waals surface area (Å²) < 4.78 is 26.3. The maximum atomic E-state index is 13.2. The number of aromatic nitrogens is 1. The quantitative estimate of drug-likeness (QED) is 0.702. The van der Waals surface area contributed by atoms with Gasteiger partial charge in [0.05, 0.1) is 0 Å². The highest BCUT2D eigenvalue weighted by Gasteiger charge is 2.21. The normalized spacial score (nSPS) is 13.9. The third-order valence-electron chi connectivity index (χ3n) is 2.96. The van der Waals surface area contributed by atoms with Crippen LogP contribution < -0.4 is 4.90 Å². The van der Waals surface area contributed by atoms with Gasteiger partial charge in [0.25, 0.3) is 0 Å². The lowest BCUT2D eigenvalue weighted by molar-refractivity contribution is 0.583. The van der Waals surface area contributed by atoms with Gasteiger partial charge in [0.15, 0.2) is 0 Å². The molecule has 0 spiro atoms. The first-order valence-electron chi connectivity index (χ1n) is 5.41. The Morgan fingerprint density at radius 3 is 2.82 bits per heavy atom. The SMILES string of the molecule is Fc1ccc2c(c1)N(c1ccnc(F)c1)CC2. The lowest BCUT2D eigenvalue weighted by atomic mass is 10.1. The molecule has 2 aromatic rings. The molecule has 86 valence electrons. The molecule has 1 aliphatic heterocycles. The summed E-state index contributed by atoms with van der Waals surface area (Å²) in [4.78, 5) is 5.42. The summed E-state index contributed by atoms with van der Waals surface area (Å²) >= 11 is 0. The van der Waals surface area contributed by atoms with Gasteiger partial charge in [-0.2, -0.15) is 4.39 Å². The molecule has 0 fully saturated rings. The van der Waals surface area contributed by atoms with Crippen molar-refractivity contribution in [1.82, 2.24) is 4.98 Å². The zero-order valence-corrected chi connectivity index (χ0v) is 9.03. The van der Waals surface area contributed by atoms with Crippen molar-refractivity contribution in [3.05, 3.63) is 53.9 Å². The average Bonchev–Trinajstić information content (AvgIpc) is 2.71. The molecule has 1 aromatic carbocycles. The molecule has 0 saturated heterocycles. The lowest BCUT2D eigenvalue weighted by Crippen LogP contribution is -2.13. The van der Waals surface area contributed by atoms with Crippen LogP contribution >= 0.6 is 0 Å². The number of benzene rings is 1. The van der Waals surface area contributed by atoms with Crippen molar-refractivity contribution in [3.8, 4) is 0 Å². The minimum Gasteiger partial charge on any atom is -0.341 e. The molecule has 1 aliphatic rings. The molecule has 0 saturated carbocycles. The molecular formula is C13H10F2N2. The number of hydrogen-bond donors (Lipinski definition) is 0. The smallest absolute Gasteiger partial charge is 0.214 e. The molecule has 1 aromatic heterocycles. The summed E-state index contributed by atoms with van der Waals surface area (Å²) in [6.07, 6.45) is 2.27. The largest absolute Gasteiger partial charge is 0.341 e. The molecule has 0 aliphatic carbocycles. The average molecular weight is 232 g/mol. The van der Waals surface area contributed by atoms with Gasteiger partial charge >= 0.3 is 0 Å². The Balaban J connectivity index is 2.06. The van der Waals surface area contributed by atoms with Crippen molar-refractivity contribution in [2.75, 3.05) is 11.4 Å². The summed E-state index contributed by atoms with van der Waals surface area (Å²) in [5.74, 6) is -0.794. The van der Waals surface area contributed by atoms with E-state index in [4.69, 9.17) is 0 Å². The Kier molecular flexibility index (Phi) is 2.28. The van der Waals surface area contributed by atoms with Crippen LogP contribution in [0.15, 0.2) is 36.5 Å². The molecule has 0 bridgehead atoms. The third-order valence-corrected chi connectivity index (χ3v) is 2.96. The van der Waals surface area contributed by atoms with Gasteiger partial charge in [-0.3, -0.25) is 0 Å². The van der Waals surface area contributed by atoms with E-state index in [1.807, 2.05) is 4.90 Å². The highest BCUT2D eigenvalue weighted by molar-refractivity contribution is 5.69. The minimum atomic E-state index is -0.521. The van der Waals surface area contributed by atoms with Gasteiger partial charge in [0.2, 0.25) is 5.95 Å². The number of halogens is 2. The van der Waals surface area contributed by atoms with E-state index in [9.17, 15) is 8.78 Å². The van der Waals surface area contributed by atoms with Crippen LogP contribution in [0.3, 0.4) is 0 Å². The second kappa shape index (κ2) is 3.80. The van der Waals surface area contributed by atoms with Gasteiger partial charge < -0.3 is 4.90 Å². The number of hydrogen-bond acceptors (Lipinski definition) is 2. The summed E-state index contributed by atoms with van der Waals surface area (Å²) in [5.41, 5.74) is 2.61. The number of nitrogens with zero attached hydrogens (tertiary/aromatic N) is 2. The van der Waals surface area contributed by atoms with Gasteiger partial charge in [0, 0.05) is 30.2 Å². The first-order valence-corrected chi connectivity index (χ1v) is 5.41. The van der Waals surface area contributed by atoms with Crippen LogP contribution in [0.1, 0.15) is 5.56 Å². The van der Waals surface area contributed by atoms with E-state index in [-0.39, 0.29) is 5.82 Å². The van der Waals surface area contributed by atoms with Gasteiger partial charge in [-0.1, -0.05) is 6.07 Å². The van der Waals surface area contributed by atoms with Crippen molar-refractivity contribution in [1.29, 1.82) is 0 Å². The molecular weight excluding hydrogens is 222 g/mol. The van der Waals surface area contributed by atoms with Crippen molar-refractivity contribution in [2.45, 2.75) is 6.42 Å². The fourth-order valence-electron chi connectivity index (χ4n) is 2.18. The fraction of sp³-hybridized carbons (Fsp3) is 0.154. The zero-order valence-electron chi connectivity index (χ0n) is 9.03. The van der Waals surface area contributed by atoms with Crippen LogP contribution in [0.4, 0.5) is 20.2 Å². The van der Waals surface area contributed by atoms with Gasteiger partial charge in [0.1, 0.15) is 5.82 Å². The number of pyridine rings is 1. The Labute approximate surface area is 97.5 Å². The van der Waals surface area contributed by atoms with Gasteiger partial charge in [-0.15, -0.1) is 0 Å². The topological polar surface area (TPSA) is 16.1 Å². The summed E-state index contributed by atoms with van der Waals surface area (Å²) in [6, 6.07) is 7.81. The molecule has 2 heterocycles. The maximum Gasteiger partial charge on any atom is 0.214 e. The molecule has 0 amide bonds. The highest BCUT2D eigenvalue weighted by Crippen LogP contribution is 2.34. The first-order chi connectivity index (χ1) is 8.24. The zero-order chi connectivity index (χ0) is 11.8. The molecule has 2 nitrogen and oxygen atoms in total. The van der Waals surface area contributed by atoms with Crippen LogP contribution in [-0.4, -0.2) is 11.5 Å². The van der Waals surface area contributed by atoms with Crippen molar-refractivity contribution < 1.29 is 8.78 Å². The molecule has 3 rings (SSSR count). The predicted molar refractivity (Wildman–Crippen MR) is 61.3 cm³/mol. The maximum absolute atomic E-state index is 13.2. The van der Waals surface area contributed by atoms with E-state index in [0.29, 0.717) is 5.69 Å². The highest BCUT2D eigenvalue weighted by atomic mass is 19.1. The van der Waals surface area contributed by atoms with Gasteiger partial charge in [-0.05, 0) is 30.2 Å². The van der Waals surface area contributed by atoms with E-state index in [1.165, 1.54) is 24.4 Å². The van der Waals surface area contributed by atoms with Crippen LogP contribution in [0.25, 0.3) is 0 Å². The van der Waals surface area contributed by atoms with Crippen LogP contribution in [0.5, 0.6) is 0 Å². The molecule has 0 atom stereocenters. The van der Waals surface area contributed by atoms with Crippen molar-refractivity contribution in [3.63, 3.8) is 0 Å². The standard InChI is InChI=1S/C13H10F2N2/c14-10-2-1-9-4-6-17(12(9)7-10)11-3-5-16-13(15)8-11/h1-3,5,7-8H,4,6H2. The summed E-state index contributed by atoms with van der Waals surface area (Å²) in [6.45, 7) is 0.738. The lowest BCUT2D eigenvalue weighted by Gasteiger charge is -2.19. The van der Waals surface area contributed by atoms with Crippen molar-refractivity contribution >= 4 is 11.4 Å². The molecule has 0 N–H and O–H groups in total. The molecule has 17 heavy (non-hydrogen) atoms. The second-order valence-corrected chi connectivity index (χ2v) is 4.01. The number of fused-ring (bicyclic) bond motifs is 1. The van der Waals surface area contributed by atoms with E-state index in [2.05, 4.69) is 4.98 Å².